The van der Waals surface area contributed by atoms with Gasteiger partial charge in [0.2, 0.25) is 0 Å². The number of amides is 1. The van der Waals surface area contributed by atoms with Crippen LogP contribution in [0.5, 0.6) is 5.75 Å². The first-order valence-corrected chi connectivity index (χ1v) is 5.95. The second kappa shape index (κ2) is 7.70. The van der Waals surface area contributed by atoms with Crippen LogP contribution in [-0.2, 0) is 4.74 Å². The highest BCUT2D eigenvalue weighted by Crippen LogP contribution is 2.20. The Morgan fingerprint density at radius 2 is 2.21 bits per heavy atom. The highest BCUT2D eigenvalue weighted by molar-refractivity contribution is 5.97. The second-order valence-corrected chi connectivity index (χ2v) is 4.08. The molecule has 0 aliphatic heterocycles. The highest BCUT2D eigenvalue weighted by atomic mass is 19.1. The minimum absolute atomic E-state index is 0.0923. The number of hydrogen-bond acceptors (Lipinski definition) is 4. The van der Waals surface area contributed by atoms with Crippen LogP contribution < -0.4 is 15.8 Å². The van der Waals surface area contributed by atoms with Gasteiger partial charge in [-0.05, 0) is 18.6 Å². The number of nitrogens with one attached hydrogen (secondary N) is 1. The summed E-state index contributed by atoms with van der Waals surface area (Å²) in [5.41, 5.74) is 5.63. The Labute approximate surface area is 111 Å². The molecular weight excluding hydrogens is 251 g/mol. The van der Waals surface area contributed by atoms with Gasteiger partial charge in [0.15, 0.2) is 0 Å². The monoisotopic (exact) mass is 270 g/mol. The molecule has 6 heteroatoms. The van der Waals surface area contributed by atoms with E-state index >= 15 is 0 Å². The van der Waals surface area contributed by atoms with Gasteiger partial charge in [-0.2, -0.15) is 0 Å². The summed E-state index contributed by atoms with van der Waals surface area (Å²) in [6.07, 6.45) is 0.552. The fraction of sp³-hybridized carbons (Fsp3) is 0.462. The molecule has 19 heavy (non-hydrogen) atoms. The molecule has 0 saturated heterocycles. The predicted molar refractivity (Wildman–Crippen MR) is 69.8 cm³/mol. The minimum atomic E-state index is -0.613. The molecule has 1 unspecified atom stereocenters. The van der Waals surface area contributed by atoms with E-state index in [4.69, 9.17) is 15.2 Å². The lowest BCUT2D eigenvalue weighted by Crippen LogP contribution is -2.33. The summed E-state index contributed by atoms with van der Waals surface area (Å²) in [6, 6.07) is 4.08. The summed E-state index contributed by atoms with van der Waals surface area (Å²) in [7, 11) is 2.95. The Morgan fingerprint density at radius 1 is 1.47 bits per heavy atom. The third-order valence-electron chi connectivity index (χ3n) is 2.60. The first kappa shape index (κ1) is 15.4. The topological polar surface area (TPSA) is 73.6 Å². The largest absolute Gasteiger partial charge is 0.496 e. The summed E-state index contributed by atoms with van der Waals surface area (Å²) in [6.45, 7) is 0.764. The van der Waals surface area contributed by atoms with Gasteiger partial charge in [-0.25, -0.2) is 4.39 Å². The molecule has 0 aliphatic carbocycles. The van der Waals surface area contributed by atoms with Crippen LogP contribution in [0.15, 0.2) is 18.2 Å². The third-order valence-corrected chi connectivity index (χ3v) is 2.60. The van der Waals surface area contributed by atoms with Crippen molar-refractivity contribution in [2.75, 3.05) is 27.4 Å². The van der Waals surface area contributed by atoms with E-state index < -0.39 is 11.7 Å². The molecule has 106 valence electrons. The zero-order chi connectivity index (χ0) is 14.3. The van der Waals surface area contributed by atoms with Crippen LogP contribution in [0.25, 0.3) is 0 Å². The van der Waals surface area contributed by atoms with Gasteiger partial charge in [-0.15, -0.1) is 0 Å². The van der Waals surface area contributed by atoms with E-state index in [0.29, 0.717) is 19.6 Å². The molecule has 0 aliphatic rings. The molecule has 1 rings (SSSR count). The zero-order valence-electron chi connectivity index (χ0n) is 11.1. The minimum Gasteiger partial charge on any atom is -0.496 e. The van der Waals surface area contributed by atoms with Crippen LogP contribution in [-0.4, -0.2) is 39.3 Å². The SMILES string of the molecule is COCC(N)CCNC(=O)c1c(F)cccc1OC. The van der Waals surface area contributed by atoms with E-state index in [-0.39, 0.29) is 17.4 Å². The van der Waals surface area contributed by atoms with E-state index in [1.165, 1.54) is 25.3 Å². The molecule has 0 aromatic heterocycles. The Hall–Kier alpha value is -1.66. The molecule has 0 fully saturated rings. The van der Waals surface area contributed by atoms with Crippen molar-refractivity contribution in [3.05, 3.63) is 29.6 Å². The standard InChI is InChI=1S/C13H19FN2O3/c1-18-8-9(15)6-7-16-13(17)12-10(14)4-3-5-11(12)19-2/h3-5,9H,6-8,15H2,1-2H3,(H,16,17). The number of methoxy groups -OCH3 is 2. The lowest BCUT2D eigenvalue weighted by atomic mass is 10.1. The van der Waals surface area contributed by atoms with Gasteiger partial charge in [-0.3, -0.25) is 4.79 Å². The highest BCUT2D eigenvalue weighted by Gasteiger charge is 2.17. The molecule has 0 bridgehead atoms. The normalized spacial score (nSPS) is 12.0. The summed E-state index contributed by atoms with van der Waals surface area (Å²) in [4.78, 5) is 11.9. The Kier molecular flexibility index (Phi) is 6.24. The van der Waals surface area contributed by atoms with E-state index in [1.807, 2.05) is 0 Å². The summed E-state index contributed by atoms with van der Waals surface area (Å²) >= 11 is 0. The van der Waals surface area contributed by atoms with E-state index in [1.54, 1.807) is 7.11 Å². The van der Waals surface area contributed by atoms with Gasteiger partial charge >= 0.3 is 0 Å². The fourth-order valence-electron chi connectivity index (χ4n) is 1.65. The molecule has 0 saturated carbocycles. The third kappa shape index (κ3) is 4.50. The van der Waals surface area contributed by atoms with Crippen molar-refractivity contribution in [3.63, 3.8) is 0 Å². The van der Waals surface area contributed by atoms with Crippen molar-refractivity contribution in [2.24, 2.45) is 5.73 Å². The van der Waals surface area contributed by atoms with Crippen molar-refractivity contribution in [1.29, 1.82) is 0 Å². The molecule has 0 radical (unpaired) electrons. The van der Waals surface area contributed by atoms with Crippen LogP contribution in [0, 0.1) is 5.82 Å². The Bertz CT molecular complexity index is 426. The molecule has 3 N–H and O–H groups in total. The van der Waals surface area contributed by atoms with Crippen molar-refractivity contribution < 1.29 is 18.7 Å². The molecule has 1 aromatic carbocycles. The van der Waals surface area contributed by atoms with Gasteiger partial charge in [0.1, 0.15) is 17.1 Å². The van der Waals surface area contributed by atoms with Gasteiger partial charge in [0.05, 0.1) is 13.7 Å². The molecule has 1 amide bonds. The number of rotatable bonds is 7. The summed E-state index contributed by atoms with van der Waals surface area (Å²) in [5.74, 6) is -0.920. The van der Waals surface area contributed by atoms with Crippen molar-refractivity contribution in [2.45, 2.75) is 12.5 Å². The molecule has 0 heterocycles. The van der Waals surface area contributed by atoms with Crippen molar-refractivity contribution >= 4 is 5.91 Å². The second-order valence-electron chi connectivity index (χ2n) is 4.08. The Morgan fingerprint density at radius 3 is 2.84 bits per heavy atom. The molecule has 5 nitrogen and oxygen atoms in total. The van der Waals surface area contributed by atoms with E-state index in [9.17, 15) is 9.18 Å². The predicted octanol–water partition coefficient (Wildman–Crippen LogP) is 0.928. The number of halogens is 1. The average Bonchev–Trinajstić information content (AvgIpc) is 2.38. The molecule has 1 atom stereocenters. The smallest absolute Gasteiger partial charge is 0.258 e. The van der Waals surface area contributed by atoms with Gasteiger partial charge in [0.25, 0.3) is 5.91 Å². The maximum absolute atomic E-state index is 13.6. The van der Waals surface area contributed by atoms with Crippen molar-refractivity contribution in [3.8, 4) is 5.75 Å². The maximum atomic E-state index is 13.6. The average molecular weight is 270 g/mol. The van der Waals surface area contributed by atoms with Crippen molar-refractivity contribution in [1.82, 2.24) is 5.32 Å². The number of ether oxygens (including phenoxy) is 2. The first-order chi connectivity index (χ1) is 9.10. The van der Waals surface area contributed by atoms with Crippen LogP contribution in [0.1, 0.15) is 16.8 Å². The van der Waals surface area contributed by atoms with E-state index in [0.717, 1.165) is 0 Å². The molecule has 1 aromatic rings. The first-order valence-electron chi connectivity index (χ1n) is 5.95. The molecule has 0 spiro atoms. The number of benzene rings is 1. The van der Waals surface area contributed by atoms with Gasteiger partial charge < -0.3 is 20.5 Å². The fourth-order valence-corrected chi connectivity index (χ4v) is 1.65. The quantitative estimate of drug-likeness (QED) is 0.773. The lowest BCUT2D eigenvalue weighted by molar-refractivity contribution is 0.0943. The summed E-state index contributed by atoms with van der Waals surface area (Å²) < 4.78 is 23.5. The van der Waals surface area contributed by atoms with Crippen LogP contribution in [0.2, 0.25) is 0 Å². The summed E-state index contributed by atoms with van der Waals surface area (Å²) in [5, 5.41) is 2.61. The lowest BCUT2D eigenvalue weighted by Gasteiger charge is -2.12. The Balaban J connectivity index is 2.59. The molecular formula is C13H19FN2O3. The van der Waals surface area contributed by atoms with Crippen LogP contribution >= 0.6 is 0 Å². The number of carbonyl (C=O) groups excluding carboxylic acids is 1. The van der Waals surface area contributed by atoms with Gasteiger partial charge in [0, 0.05) is 19.7 Å². The number of carbonyl (C=O) groups is 1. The zero-order valence-corrected chi connectivity index (χ0v) is 11.1. The van der Waals surface area contributed by atoms with Gasteiger partial charge in [-0.1, -0.05) is 6.07 Å². The maximum Gasteiger partial charge on any atom is 0.258 e. The van der Waals surface area contributed by atoms with Crippen LogP contribution in [0.4, 0.5) is 4.39 Å². The van der Waals surface area contributed by atoms with E-state index in [2.05, 4.69) is 5.32 Å². The van der Waals surface area contributed by atoms with Crippen LogP contribution in [0.3, 0.4) is 0 Å². The number of hydrogen-bond donors (Lipinski definition) is 2. The number of nitrogens with two attached hydrogens (primary N) is 1.